The number of benzene rings is 1. The normalized spacial score (nSPS) is 19.5. The Morgan fingerprint density at radius 3 is 2.89 bits per heavy atom. The van der Waals surface area contributed by atoms with E-state index in [-0.39, 0.29) is 33.7 Å². The molecule has 1 aliphatic rings. The van der Waals surface area contributed by atoms with Gasteiger partial charge in [0.2, 0.25) is 0 Å². The summed E-state index contributed by atoms with van der Waals surface area (Å²) in [5, 5.41) is 10.5. The van der Waals surface area contributed by atoms with Gasteiger partial charge in [0.25, 0.3) is 0 Å². The van der Waals surface area contributed by atoms with Crippen molar-refractivity contribution in [1.82, 2.24) is 9.38 Å². The summed E-state index contributed by atoms with van der Waals surface area (Å²) in [4.78, 5) is 4.28. The molecule has 0 radical (unpaired) electrons. The lowest BCUT2D eigenvalue weighted by Crippen LogP contribution is -2.23. The minimum Gasteiger partial charge on any atom is -0.434 e. The number of hydrogen-bond donors (Lipinski definition) is 1. The topological polar surface area (TPSA) is 56.0 Å². The van der Waals surface area contributed by atoms with Crippen LogP contribution in [0.5, 0.6) is 5.75 Å². The summed E-state index contributed by atoms with van der Waals surface area (Å²) in [5.74, 6) is -0.640. The maximum Gasteiger partial charge on any atom is 0.387 e. The molecule has 2 aromatic heterocycles. The second kappa shape index (κ2) is 6.97. The van der Waals surface area contributed by atoms with Gasteiger partial charge in [-0.1, -0.05) is 11.6 Å². The van der Waals surface area contributed by atoms with E-state index in [4.69, 9.17) is 16.3 Å². The summed E-state index contributed by atoms with van der Waals surface area (Å²) in [6, 6.07) is 5.38. The van der Waals surface area contributed by atoms with Crippen LogP contribution in [0.15, 0.2) is 34.9 Å². The largest absolute Gasteiger partial charge is 0.434 e. The van der Waals surface area contributed by atoms with Crippen molar-refractivity contribution in [3.63, 3.8) is 0 Å². The molecule has 0 unspecified atom stereocenters. The summed E-state index contributed by atoms with van der Waals surface area (Å²) in [6.45, 7) is -3.16. The molecule has 5 nitrogen and oxygen atoms in total. The second-order valence-electron chi connectivity index (χ2n) is 5.87. The third kappa shape index (κ3) is 3.29. The van der Waals surface area contributed by atoms with Crippen molar-refractivity contribution in [3.8, 4) is 5.75 Å². The zero-order valence-electron chi connectivity index (χ0n) is 13.4. The molecule has 142 valence electrons. The number of halogens is 5. The van der Waals surface area contributed by atoms with Gasteiger partial charge >= 0.3 is 6.61 Å². The smallest absolute Gasteiger partial charge is 0.387 e. The molecule has 0 spiro atoms. The maximum atomic E-state index is 13.9. The van der Waals surface area contributed by atoms with Gasteiger partial charge < -0.3 is 14.6 Å². The van der Waals surface area contributed by atoms with Gasteiger partial charge in [-0.2, -0.15) is 8.78 Å². The van der Waals surface area contributed by atoms with Gasteiger partial charge in [-0.15, -0.1) is 0 Å². The van der Waals surface area contributed by atoms with Gasteiger partial charge in [-0.25, -0.2) is 9.37 Å². The maximum absolute atomic E-state index is 13.9. The Bertz CT molecular complexity index is 1030. The van der Waals surface area contributed by atoms with Crippen LogP contribution in [0.1, 0.15) is 29.2 Å². The first-order valence-electron chi connectivity index (χ1n) is 7.76. The van der Waals surface area contributed by atoms with Crippen LogP contribution >= 0.6 is 27.5 Å². The number of nitrogens with zero attached hydrogens (tertiary/aromatic N) is 2. The predicted octanol–water partition coefficient (Wildman–Crippen LogP) is 4.64. The van der Waals surface area contributed by atoms with Crippen LogP contribution in [0.3, 0.4) is 0 Å². The first kappa shape index (κ1) is 18.5. The molecule has 1 aromatic carbocycles. The number of imidazole rings is 1. The Labute approximate surface area is 164 Å². The molecule has 3 heterocycles. The molecular weight excluding hydrogens is 453 g/mol. The molecule has 2 atom stereocenters. The summed E-state index contributed by atoms with van der Waals surface area (Å²) in [5.41, 5.74) is 1.14. The lowest BCUT2D eigenvalue weighted by atomic mass is 9.99. The van der Waals surface area contributed by atoms with E-state index in [1.165, 1.54) is 34.9 Å². The van der Waals surface area contributed by atoms with Gasteiger partial charge in [-0.3, -0.25) is 4.40 Å². The zero-order valence-corrected chi connectivity index (χ0v) is 15.7. The number of hydrogen-bond acceptors (Lipinski definition) is 4. The van der Waals surface area contributed by atoms with E-state index in [0.29, 0.717) is 10.7 Å². The lowest BCUT2D eigenvalue weighted by Gasteiger charge is -2.28. The predicted molar refractivity (Wildman–Crippen MR) is 93.7 cm³/mol. The number of fused-ring (bicyclic) bond motifs is 3. The fourth-order valence-electron chi connectivity index (χ4n) is 3.09. The number of aliphatic hydroxyl groups excluding tert-OH is 1. The van der Waals surface area contributed by atoms with Gasteiger partial charge in [-0.05, 0) is 34.1 Å². The highest BCUT2D eigenvalue weighted by atomic mass is 79.9. The molecule has 0 saturated heterocycles. The SMILES string of the molecule is O[C@@H]1CO[C@H](c2cc(Cl)ccc2OC(F)F)c2c1nc1cc(F)c(Br)cn21. The first-order valence-corrected chi connectivity index (χ1v) is 8.93. The fourth-order valence-corrected chi connectivity index (χ4v) is 3.59. The minimum atomic E-state index is -3.04. The van der Waals surface area contributed by atoms with Crippen LogP contribution in [-0.4, -0.2) is 27.7 Å². The number of alkyl halides is 2. The van der Waals surface area contributed by atoms with Gasteiger partial charge in [0, 0.05) is 22.8 Å². The van der Waals surface area contributed by atoms with Gasteiger partial charge in [0.1, 0.15) is 29.4 Å². The van der Waals surface area contributed by atoms with Crippen LogP contribution in [0.25, 0.3) is 5.65 Å². The van der Waals surface area contributed by atoms with Gasteiger partial charge in [0.05, 0.1) is 22.5 Å². The highest BCUT2D eigenvalue weighted by Gasteiger charge is 2.35. The van der Waals surface area contributed by atoms with Crippen LogP contribution in [-0.2, 0) is 4.74 Å². The van der Waals surface area contributed by atoms with Crippen molar-refractivity contribution < 1.29 is 27.8 Å². The third-order valence-corrected chi connectivity index (χ3v) is 5.00. The Balaban J connectivity index is 1.94. The van der Waals surface area contributed by atoms with E-state index in [0.717, 1.165) is 0 Å². The number of rotatable bonds is 3. The van der Waals surface area contributed by atoms with E-state index < -0.39 is 24.6 Å². The average Bonchev–Trinajstić information content (AvgIpc) is 2.96. The molecule has 3 aromatic rings. The monoisotopic (exact) mass is 462 g/mol. The number of pyridine rings is 1. The molecule has 0 saturated carbocycles. The third-order valence-electron chi connectivity index (χ3n) is 4.19. The molecule has 4 rings (SSSR count). The first-order chi connectivity index (χ1) is 12.8. The van der Waals surface area contributed by atoms with Crippen LogP contribution in [0, 0.1) is 5.82 Å². The number of aromatic nitrogens is 2. The second-order valence-corrected chi connectivity index (χ2v) is 7.16. The van der Waals surface area contributed by atoms with Crippen molar-refractivity contribution in [1.29, 1.82) is 0 Å². The zero-order chi connectivity index (χ0) is 19.3. The highest BCUT2D eigenvalue weighted by molar-refractivity contribution is 9.10. The molecule has 0 amide bonds. The van der Waals surface area contributed by atoms with E-state index >= 15 is 0 Å². The summed E-state index contributed by atoms with van der Waals surface area (Å²) in [6.07, 6.45) is -0.511. The molecule has 1 aliphatic heterocycles. The van der Waals surface area contributed by atoms with Crippen molar-refractivity contribution in [2.45, 2.75) is 18.8 Å². The highest BCUT2D eigenvalue weighted by Crippen LogP contribution is 2.42. The van der Waals surface area contributed by atoms with E-state index in [1.54, 1.807) is 0 Å². The quantitative estimate of drug-likeness (QED) is 0.615. The van der Waals surface area contributed by atoms with Crippen LogP contribution in [0.4, 0.5) is 13.2 Å². The molecule has 0 aliphatic carbocycles. The fraction of sp³-hybridized carbons (Fsp3) is 0.235. The Hall–Kier alpha value is -1.81. The Morgan fingerprint density at radius 1 is 1.37 bits per heavy atom. The number of aliphatic hydroxyl groups is 1. The summed E-state index contributed by atoms with van der Waals surface area (Å²) in [7, 11) is 0. The van der Waals surface area contributed by atoms with Crippen LogP contribution in [0.2, 0.25) is 5.02 Å². The van der Waals surface area contributed by atoms with Crippen molar-refractivity contribution >= 4 is 33.2 Å². The van der Waals surface area contributed by atoms with Crippen molar-refractivity contribution in [2.24, 2.45) is 0 Å². The molecule has 0 bridgehead atoms. The van der Waals surface area contributed by atoms with E-state index in [1.807, 2.05) is 0 Å². The van der Waals surface area contributed by atoms with Crippen molar-refractivity contribution in [3.05, 3.63) is 62.7 Å². The lowest BCUT2D eigenvalue weighted by molar-refractivity contribution is -0.0548. The van der Waals surface area contributed by atoms with Crippen molar-refractivity contribution in [2.75, 3.05) is 6.61 Å². The molecule has 27 heavy (non-hydrogen) atoms. The van der Waals surface area contributed by atoms with Gasteiger partial charge in [0.15, 0.2) is 0 Å². The van der Waals surface area contributed by atoms with E-state index in [2.05, 4.69) is 25.7 Å². The molecule has 1 N–H and O–H groups in total. The van der Waals surface area contributed by atoms with E-state index in [9.17, 15) is 18.3 Å². The summed E-state index contributed by atoms with van der Waals surface area (Å²) < 4.78 is 51.5. The Morgan fingerprint density at radius 2 is 2.15 bits per heavy atom. The molecule has 0 fully saturated rings. The molecule has 10 heteroatoms. The van der Waals surface area contributed by atoms with Crippen LogP contribution < -0.4 is 4.74 Å². The molecular formula is C17H11BrClF3N2O3. The average molecular weight is 464 g/mol. The standard InChI is InChI=1S/C17H11BrClF3N2O3/c18-9-5-24-13(4-10(9)20)23-14-11(25)6-26-16(15(14)24)8-3-7(19)1-2-12(8)27-17(21)22/h1-5,11,16-17,25H,6H2/t11-,16-/m1/s1. The summed E-state index contributed by atoms with van der Waals surface area (Å²) >= 11 is 9.15. The number of ether oxygens (including phenoxy) is 2. The Kier molecular flexibility index (Phi) is 4.79. The minimum absolute atomic E-state index is 0.113.